The molecule has 5 rings (SSSR count). The van der Waals surface area contributed by atoms with Crippen LogP contribution in [-0.2, 0) is 16.9 Å². The minimum atomic E-state index is -0.848. The van der Waals surface area contributed by atoms with Crippen molar-refractivity contribution < 1.29 is 18.7 Å². The van der Waals surface area contributed by atoms with Crippen molar-refractivity contribution in [3.8, 4) is 0 Å². The van der Waals surface area contributed by atoms with Gasteiger partial charge in [-0.3, -0.25) is 9.59 Å². The van der Waals surface area contributed by atoms with Gasteiger partial charge in [-0.25, -0.2) is 9.18 Å². The van der Waals surface area contributed by atoms with Crippen LogP contribution in [-0.4, -0.2) is 17.0 Å². The molecule has 1 heterocycles. The largest absolute Gasteiger partial charge is 0.445 e. The van der Waals surface area contributed by atoms with Crippen LogP contribution in [0.1, 0.15) is 53.9 Å². The van der Waals surface area contributed by atoms with Crippen LogP contribution in [0.4, 0.5) is 9.18 Å². The van der Waals surface area contributed by atoms with Crippen molar-refractivity contribution in [2.45, 2.75) is 39.0 Å². The summed E-state index contributed by atoms with van der Waals surface area (Å²) >= 11 is 0. The fourth-order valence-corrected chi connectivity index (χ4v) is 4.76. The number of pyridine rings is 1. The Labute approximate surface area is 236 Å². The first-order valence-corrected chi connectivity index (χ1v) is 13.3. The maximum atomic E-state index is 15.1. The number of nitrogens with one attached hydrogen (secondary N) is 3. The molecule has 2 amide bonds. The van der Waals surface area contributed by atoms with Gasteiger partial charge in [-0.05, 0) is 61.7 Å². The van der Waals surface area contributed by atoms with Gasteiger partial charge in [0.2, 0.25) is 0 Å². The van der Waals surface area contributed by atoms with Crippen LogP contribution >= 0.6 is 0 Å². The third-order valence-corrected chi connectivity index (χ3v) is 7.14. The number of rotatable bonds is 7. The number of hydrogen-bond acceptors (Lipinski definition) is 4. The number of ether oxygens (including phenoxy) is 1. The summed E-state index contributed by atoms with van der Waals surface area (Å²) in [7, 11) is 0. The molecule has 41 heavy (non-hydrogen) atoms. The highest BCUT2D eigenvalue weighted by Crippen LogP contribution is 2.25. The number of H-pyrrole nitrogens is 1. The van der Waals surface area contributed by atoms with Gasteiger partial charge in [0.05, 0.1) is 22.7 Å². The normalized spacial score (nSPS) is 12.2. The van der Waals surface area contributed by atoms with Crippen molar-refractivity contribution >= 4 is 33.8 Å². The quantitative estimate of drug-likeness (QED) is 0.202. The molecule has 8 heteroatoms. The van der Waals surface area contributed by atoms with Gasteiger partial charge < -0.3 is 20.4 Å². The van der Waals surface area contributed by atoms with Crippen LogP contribution in [0, 0.1) is 5.82 Å². The van der Waals surface area contributed by atoms with Crippen LogP contribution in [0.2, 0.25) is 0 Å². The summed E-state index contributed by atoms with van der Waals surface area (Å²) in [6, 6.07) is 26.0. The number of halogens is 1. The molecule has 0 radical (unpaired) electrons. The molecule has 208 valence electrons. The maximum absolute atomic E-state index is 15.1. The molecular weight excluding hydrogens is 521 g/mol. The molecule has 0 spiro atoms. The summed E-state index contributed by atoms with van der Waals surface area (Å²) in [4.78, 5) is 41.4. The summed E-state index contributed by atoms with van der Waals surface area (Å²) < 4.78 is 20.4. The molecule has 0 aliphatic rings. The minimum absolute atomic E-state index is 0.167. The maximum Gasteiger partial charge on any atom is 0.407 e. The molecule has 1 unspecified atom stereocenters. The van der Waals surface area contributed by atoms with Gasteiger partial charge in [0.15, 0.2) is 5.43 Å². The minimum Gasteiger partial charge on any atom is -0.445 e. The Kier molecular flexibility index (Phi) is 7.57. The van der Waals surface area contributed by atoms with Crippen molar-refractivity contribution in [3.05, 3.63) is 129 Å². The van der Waals surface area contributed by atoms with E-state index in [0.717, 1.165) is 22.8 Å². The summed E-state index contributed by atoms with van der Waals surface area (Å²) in [5, 5.41) is 6.35. The molecule has 5 aromatic rings. The second kappa shape index (κ2) is 11.3. The van der Waals surface area contributed by atoms with Gasteiger partial charge >= 0.3 is 6.09 Å². The monoisotopic (exact) mass is 551 g/mol. The van der Waals surface area contributed by atoms with E-state index in [2.05, 4.69) is 15.6 Å². The molecule has 3 N–H and O–H groups in total. The predicted octanol–water partition coefficient (Wildman–Crippen LogP) is 6.47. The van der Waals surface area contributed by atoms with E-state index in [1.807, 2.05) is 75.4 Å². The van der Waals surface area contributed by atoms with Gasteiger partial charge in [0, 0.05) is 16.3 Å². The zero-order valence-corrected chi connectivity index (χ0v) is 23.0. The highest BCUT2D eigenvalue weighted by Gasteiger charge is 2.26. The molecule has 0 aliphatic heterocycles. The van der Waals surface area contributed by atoms with E-state index in [4.69, 9.17) is 4.74 Å². The Morgan fingerprint density at radius 1 is 0.902 bits per heavy atom. The summed E-state index contributed by atoms with van der Waals surface area (Å²) in [5.74, 6) is -1.38. The average Bonchev–Trinajstić information content (AvgIpc) is 2.96. The van der Waals surface area contributed by atoms with Gasteiger partial charge in [-0.2, -0.15) is 0 Å². The van der Waals surface area contributed by atoms with E-state index in [0.29, 0.717) is 16.4 Å². The van der Waals surface area contributed by atoms with Crippen LogP contribution < -0.4 is 16.1 Å². The first kappa shape index (κ1) is 27.6. The van der Waals surface area contributed by atoms with Crippen molar-refractivity contribution in [2.75, 3.05) is 0 Å². The second-order valence-corrected chi connectivity index (χ2v) is 10.5. The van der Waals surface area contributed by atoms with Gasteiger partial charge in [-0.15, -0.1) is 0 Å². The summed E-state index contributed by atoms with van der Waals surface area (Å²) in [6.07, 6.45) is -0.523. The lowest BCUT2D eigenvalue weighted by Crippen LogP contribution is -2.41. The van der Waals surface area contributed by atoms with E-state index in [-0.39, 0.29) is 29.0 Å². The Bertz CT molecular complexity index is 1800. The first-order valence-electron chi connectivity index (χ1n) is 13.3. The number of aromatic amines is 1. The summed E-state index contributed by atoms with van der Waals surface area (Å²) in [6.45, 7) is 5.66. The van der Waals surface area contributed by atoms with Crippen LogP contribution in [0.15, 0.2) is 95.8 Å². The summed E-state index contributed by atoms with van der Waals surface area (Å²) in [5.41, 5.74) is 2.21. The smallest absolute Gasteiger partial charge is 0.407 e. The Morgan fingerprint density at radius 2 is 1.59 bits per heavy atom. The highest BCUT2D eigenvalue weighted by molar-refractivity contribution is 6.00. The van der Waals surface area contributed by atoms with Crippen LogP contribution in [0.3, 0.4) is 0 Å². The molecule has 0 saturated heterocycles. The molecular formula is C33H30FN3O4. The highest BCUT2D eigenvalue weighted by atomic mass is 19.1. The number of amides is 2. The van der Waals surface area contributed by atoms with Crippen LogP contribution in [0.5, 0.6) is 0 Å². The number of hydrogen-bond donors (Lipinski definition) is 3. The second-order valence-electron chi connectivity index (χ2n) is 10.5. The molecule has 1 atom stereocenters. The number of aromatic nitrogens is 1. The number of carbonyl (C=O) groups is 2. The topological polar surface area (TPSA) is 100 Å². The zero-order valence-electron chi connectivity index (χ0n) is 23.0. The lowest BCUT2D eigenvalue weighted by Gasteiger charge is -2.28. The fraction of sp³-hybridized carbons (Fsp3) is 0.182. The van der Waals surface area contributed by atoms with Gasteiger partial charge in [0.1, 0.15) is 12.4 Å². The number of fused-ring (bicyclic) bond motifs is 2. The molecule has 0 fully saturated rings. The van der Waals surface area contributed by atoms with E-state index < -0.39 is 23.4 Å². The predicted molar refractivity (Wildman–Crippen MR) is 157 cm³/mol. The number of benzene rings is 4. The van der Waals surface area contributed by atoms with E-state index in [1.54, 1.807) is 24.3 Å². The molecule has 0 aliphatic carbocycles. The Morgan fingerprint density at radius 3 is 2.32 bits per heavy atom. The SMILES string of the molecule is CC(NC(=O)OCc1ccccc1)c1ccc(C(C)(C)NC(=O)c2cc3[nH]c4ccccc4c(=O)c3cc2F)cc1. The molecule has 7 nitrogen and oxygen atoms in total. The molecule has 4 aromatic carbocycles. The Hall–Kier alpha value is -4.98. The van der Waals surface area contributed by atoms with E-state index in [9.17, 15) is 14.4 Å². The standard InChI is InChI=1S/C33H30FN3O4/c1-20(35-32(40)41-19-21-9-5-4-6-10-21)22-13-15-23(16-14-22)33(2,3)37-31(39)25-18-29-26(17-27(25)34)30(38)24-11-7-8-12-28(24)36-29/h4-18,20H,19H2,1-3H3,(H,35,40)(H,36,38)(H,37,39). The lowest BCUT2D eigenvalue weighted by molar-refractivity contribution is 0.0908. The van der Waals surface area contributed by atoms with Crippen LogP contribution in [0.25, 0.3) is 21.8 Å². The van der Waals surface area contributed by atoms with E-state index in [1.165, 1.54) is 6.07 Å². The fourth-order valence-electron chi connectivity index (χ4n) is 4.76. The first-order chi connectivity index (χ1) is 19.6. The van der Waals surface area contributed by atoms with E-state index >= 15 is 4.39 Å². The third-order valence-electron chi connectivity index (χ3n) is 7.14. The molecule has 0 saturated carbocycles. The lowest BCUT2D eigenvalue weighted by atomic mass is 9.92. The third kappa shape index (κ3) is 5.96. The number of para-hydroxylation sites is 1. The van der Waals surface area contributed by atoms with Crippen molar-refractivity contribution in [1.29, 1.82) is 0 Å². The van der Waals surface area contributed by atoms with Crippen molar-refractivity contribution in [3.63, 3.8) is 0 Å². The Balaban J connectivity index is 1.27. The number of carbonyl (C=O) groups excluding carboxylic acids is 2. The van der Waals surface area contributed by atoms with Gasteiger partial charge in [0.25, 0.3) is 5.91 Å². The average molecular weight is 552 g/mol. The van der Waals surface area contributed by atoms with Crippen molar-refractivity contribution in [1.82, 2.24) is 15.6 Å². The number of alkyl carbamates (subject to hydrolysis) is 1. The van der Waals surface area contributed by atoms with Crippen molar-refractivity contribution in [2.24, 2.45) is 0 Å². The molecule has 0 bridgehead atoms. The van der Waals surface area contributed by atoms with Gasteiger partial charge in [-0.1, -0.05) is 66.7 Å². The molecule has 1 aromatic heterocycles. The zero-order chi connectivity index (χ0) is 29.1.